The lowest BCUT2D eigenvalue weighted by molar-refractivity contribution is -0.132. The highest BCUT2D eigenvalue weighted by Gasteiger charge is 2.21. The van der Waals surface area contributed by atoms with Crippen molar-refractivity contribution in [2.75, 3.05) is 18.4 Å². The molecule has 1 fully saturated rings. The molecule has 5 heteroatoms. The molecule has 1 saturated heterocycles. The van der Waals surface area contributed by atoms with Gasteiger partial charge in [0.25, 0.3) is 5.91 Å². The van der Waals surface area contributed by atoms with Crippen LogP contribution in [0.2, 0.25) is 0 Å². The van der Waals surface area contributed by atoms with Crippen LogP contribution in [0, 0.1) is 13.8 Å². The zero-order chi connectivity index (χ0) is 19.4. The second-order valence-electron chi connectivity index (χ2n) is 7.26. The van der Waals surface area contributed by atoms with Gasteiger partial charge in [0, 0.05) is 24.3 Å². The summed E-state index contributed by atoms with van der Waals surface area (Å²) in [5, 5.41) is 12.5. The number of aliphatic hydroxyl groups excluding tert-OH is 1. The summed E-state index contributed by atoms with van der Waals surface area (Å²) in [5.74, 6) is -0.0547. The first-order valence-corrected chi connectivity index (χ1v) is 9.36. The van der Waals surface area contributed by atoms with Crippen molar-refractivity contribution in [3.8, 4) is 0 Å². The summed E-state index contributed by atoms with van der Waals surface area (Å²) in [5.41, 5.74) is 4.27. The average Bonchev–Trinajstić information content (AvgIpc) is 2.65. The first kappa shape index (κ1) is 19.1. The number of nitrogens with zero attached hydrogens (tertiary/aromatic N) is 1. The van der Waals surface area contributed by atoms with Gasteiger partial charge in [-0.3, -0.25) is 9.59 Å². The van der Waals surface area contributed by atoms with Crippen LogP contribution < -0.4 is 5.32 Å². The van der Waals surface area contributed by atoms with Crippen molar-refractivity contribution in [3.05, 3.63) is 64.7 Å². The Balaban J connectivity index is 1.59. The number of rotatable bonds is 4. The molecule has 0 bridgehead atoms. The molecular formula is C22H26N2O3. The van der Waals surface area contributed by atoms with E-state index in [9.17, 15) is 14.7 Å². The Morgan fingerprint density at radius 1 is 1.07 bits per heavy atom. The number of hydrogen-bond donors (Lipinski definition) is 2. The second kappa shape index (κ2) is 8.35. The van der Waals surface area contributed by atoms with E-state index in [4.69, 9.17) is 0 Å². The van der Waals surface area contributed by atoms with Crippen LogP contribution in [0.4, 0.5) is 5.69 Å². The maximum atomic E-state index is 12.5. The van der Waals surface area contributed by atoms with Crippen molar-refractivity contribution < 1.29 is 14.7 Å². The predicted molar refractivity (Wildman–Crippen MR) is 106 cm³/mol. The zero-order valence-electron chi connectivity index (χ0n) is 15.9. The molecule has 3 rings (SSSR count). The molecule has 0 saturated carbocycles. The molecule has 1 aliphatic rings. The fourth-order valence-electron chi connectivity index (χ4n) is 3.29. The van der Waals surface area contributed by atoms with Gasteiger partial charge >= 0.3 is 0 Å². The lowest BCUT2D eigenvalue weighted by atomic mass is 10.0. The third-order valence-electron chi connectivity index (χ3n) is 5.02. The van der Waals surface area contributed by atoms with Crippen LogP contribution in [0.3, 0.4) is 0 Å². The molecule has 0 aromatic heterocycles. The maximum Gasteiger partial charge on any atom is 0.255 e. The normalized spacial score (nSPS) is 14.9. The standard InChI is InChI=1S/C22H26N2O3/c1-15-3-4-16(2)20(13-15)22(27)23-18-7-5-17(6-8-18)14-21(26)24-11-9-19(25)10-12-24/h3-8,13,19,25H,9-12,14H2,1-2H3,(H,23,27). The van der Waals surface area contributed by atoms with Crippen LogP contribution in [0.15, 0.2) is 42.5 Å². The summed E-state index contributed by atoms with van der Waals surface area (Å²) in [4.78, 5) is 26.7. The highest BCUT2D eigenvalue weighted by molar-refractivity contribution is 6.05. The Labute approximate surface area is 160 Å². The van der Waals surface area contributed by atoms with E-state index < -0.39 is 0 Å². The second-order valence-corrected chi connectivity index (χ2v) is 7.26. The third-order valence-corrected chi connectivity index (χ3v) is 5.02. The van der Waals surface area contributed by atoms with Gasteiger partial charge in [-0.2, -0.15) is 0 Å². The molecule has 0 aliphatic carbocycles. The Morgan fingerprint density at radius 2 is 1.74 bits per heavy atom. The van der Waals surface area contributed by atoms with Gasteiger partial charge in [0.05, 0.1) is 12.5 Å². The predicted octanol–water partition coefficient (Wildman–Crippen LogP) is 3.08. The minimum atomic E-state index is -0.283. The molecule has 0 unspecified atom stereocenters. The van der Waals surface area contributed by atoms with Crippen molar-refractivity contribution in [1.29, 1.82) is 0 Å². The van der Waals surface area contributed by atoms with Gasteiger partial charge in [0.15, 0.2) is 0 Å². The van der Waals surface area contributed by atoms with Crippen molar-refractivity contribution in [2.24, 2.45) is 0 Å². The number of aryl methyl sites for hydroxylation is 2. The van der Waals surface area contributed by atoms with Gasteiger partial charge in [-0.1, -0.05) is 29.8 Å². The van der Waals surface area contributed by atoms with E-state index in [1.165, 1.54) is 0 Å². The monoisotopic (exact) mass is 366 g/mol. The number of hydrogen-bond acceptors (Lipinski definition) is 3. The minimum Gasteiger partial charge on any atom is -0.393 e. The summed E-state index contributed by atoms with van der Waals surface area (Å²) >= 11 is 0. The molecule has 1 aliphatic heterocycles. The molecule has 2 amide bonds. The van der Waals surface area contributed by atoms with Crippen LogP contribution in [0.1, 0.15) is 39.9 Å². The average molecular weight is 366 g/mol. The number of carbonyl (C=O) groups is 2. The molecule has 0 atom stereocenters. The zero-order valence-corrected chi connectivity index (χ0v) is 15.9. The van der Waals surface area contributed by atoms with Gasteiger partial charge < -0.3 is 15.3 Å². The largest absolute Gasteiger partial charge is 0.393 e. The number of benzene rings is 2. The summed E-state index contributed by atoms with van der Waals surface area (Å²) < 4.78 is 0. The van der Waals surface area contributed by atoms with Crippen molar-refractivity contribution in [1.82, 2.24) is 4.90 Å². The first-order valence-electron chi connectivity index (χ1n) is 9.36. The van der Waals surface area contributed by atoms with Crippen LogP contribution in [-0.2, 0) is 11.2 Å². The Bertz CT molecular complexity index is 822. The fourth-order valence-corrected chi connectivity index (χ4v) is 3.29. The van der Waals surface area contributed by atoms with Gasteiger partial charge in [-0.25, -0.2) is 0 Å². The van der Waals surface area contributed by atoms with Gasteiger partial charge in [-0.15, -0.1) is 0 Å². The van der Waals surface area contributed by atoms with E-state index in [-0.39, 0.29) is 17.9 Å². The first-order chi connectivity index (χ1) is 12.9. The number of amides is 2. The number of piperidine rings is 1. The molecule has 5 nitrogen and oxygen atoms in total. The summed E-state index contributed by atoms with van der Waals surface area (Å²) in [6.45, 7) is 5.11. The van der Waals surface area contributed by atoms with E-state index in [1.54, 1.807) is 0 Å². The van der Waals surface area contributed by atoms with Gasteiger partial charge in [0.1, 0.15) is 0 Å². The van der Waals surface area contributed by atoms with Crippen molar-refractivity contribution in [2.45, 2.75) is 39.2 Å². The van der Waals surface area contributed by atoms with E-state index >= 15 is 0 Å². The topological polar surface area (TPSA) is 69.6 Å². The molecule has 27 heavy (non-hydrogen) atoms. The summed E-state index contributed by atoms with van der Waals surface area (Å²) in [6, 6.07) is 13.2. The fraction of sp³-hybridized carbons (Fsp3) is 0.364. The molecule has 2 aromatic carbocycles. The van der Waals surface area contributed by atoms with E-state index in [1.807, 2.05) is 61.2 Å². The number of aliphatic hydroxyl groups is 1. The molecule has 0 spiro atoms. The van der Waals surface area contributed by atoms with E-state index in [0.717, 1.165) is 16.7 Å². The minimum absolute atomic E-state index is 0.0778. The third kappa shape index (κ3) is 4.95. The van der Waals surface area contributed by atoms with Gasteiger partial charge in [-0.05, 0) is 56.0 Å². The van der Waals surface area contributed by atoms with Crippen molar-refractivity contribution in [3.63, 3.8) is 0 Å². The maximum absolute atomic E-state index is 12.5. The highest BCUT2D eigenvalue weighted by Crippen LogP contribution is 2.17. The molecule has 2 N–H and O–H groups in total. The quantitative estimate of drug-likeness (QED) is 0.874. The molecule has 142 valence electrons. The smallest absolute Gasteiger partial charge is 0.255 e. The van der Waals surface area contributed by atoms with Crippen LogP contribution in [0.25, 0.3) is 0 Å². The van der Waals surface area contributed by atoms with Gasteiger partial charge in [0.2, 0.25) is 5.91 Å². The Morgan fingerprint density at radius 3 is 2.41 bits per heavy atom. The Hall–Kier alpha value is -2.66. The lowest BCUT2D eigenvalue weighted by Crippen LogP contribution is -2.40. The number of carbonyl (C=O) groups excluding carboxylic acids is 2. The highest BCUT2D eigenvalue weighted by atomic mass is 16.3. The number of anilines is 1. The van der Waals surface area contributed by atoms with Crippen LogP contribution in [-0.4, -0.2) is 41.0 Å². The summed E-state index contributed by atoms with van der Waals surface area (Å²) in [6.07, 6.45) is 1.35. The Kier molecular flexibility index (Phi) is 5.91. The molecule has 2 aromatic rings. The van der Waals surface area contributed by atoms with Crippen LogP contribution in [0.5, 0.6) is 0 Å². The number of nitrogens with one attached hydrogen (secondary N) is 1. The lowest BCUT2D eigenvalue weighted by Gasteiger charge is -2.29. The van der Waals surface area contributed by atoms with Crippen molar-refractivity contribution >= 4 is 17.5 Å². The van der Waals surface area contributed by atoms with Crippen LogP contribution >= 0.6 is 0 Å². The molecular weight excluding hydrogens is 340 g/mol. The number of likely N-dealkylation sites (tertiary alicyclic amines) is 1. The SMILES string of the molecule is Cc1ccc(C)c(C(=O)Nc2ccc(CC(=O)N3CCC(O)CC3)cc2)c1. The molecule has 1 heterocycles. The van der Waals surface area contributed by atoms with E-state index in [0.29, 0.717) is 43.6 Å². The van der Waals surface area contributed by atoms with E-state index in [2.05, 4.69) is 5.32 Å². The summed E-state index contributed by atoms with van der Waals surface area (Å²) in [7, 11) is 0. The molecule has 0 radical (unpaired) electrons.